The molecule has 0 aromatic heterocycles. The Morgan fingerprint density at radius 1 is 1.29 bits per heavy atom. The second-order valence-corrected chi connectivity index (χ2v) is 4.24. The van der Waals surface area contributed by atoms with Crippen molar-refractivity contribution < 1.29 is 18.3 Å². The molecule has 102 valence electrons. The molecule has 0 aliphatic rings. The highest BCUT2D eigenvalue weighted by atomic mass is 19.3. The first-order valence-corrected chi connectivity index (χ1v) is 5.79. The van der Waals surface area contributed by atoms with E-state index in [9.17, 15) is 13.6 Å². The summed E-state index contributed by atoms with van der Waals surface area (Å²) in [6, 6.07) is 0.124. The minimum Gasteiger partial charge on any atom is -0.374 e. The molecule has 0 rings (SSSR count). The van der Waals surface area contributed by atoms with Gasteiger partial charge in [-0.25, -0.2) is 8.78 Å². The molecular weight excluding hydrogens is 230 g/mol. The number of alkyl halides is 2. The molecule has 0 saturated carbocycles. The number of ether oxygens (including phenoxy) is 1. The van der Waals surface area contributed by atoms with Crippen molar-refractivity contribution in [1.29, 1.82) is 0 Å². The summed E-state index contributed by atoms with van der Waals surface area (Å²) >= 11 is 0. The monoisotopic (exact) mass is 252 g/mol. The molecule has 1 atom stereocenters. The Morgan fingerprint density at radius 3 is 2.47 bits per heavy atom. The predicted molar refractivity (Wildman–Crippen MR) is 62.1 cm³/mol. The second-order valence-electron chi connectivity index (χ2n) is 4.24. The van der Waals surface area contributed by atoms with E-state index < -0.39 is 13.0 Å². The number of hydrogen-bond donors (Lipinski definition) is 2. The second kappa shape index (κ2) is 9.30. The van der Waals surface area contributed by atoms with E-state index in [2.05, 4.69) is 15.4 Å². The molecule has 2 N–H and O–H groups in total. The largest absolute Gasteiger partial charge is 0.374 e. The van der Waals surface area contributed by atoms with Crippen molar-refractivity contribution in [3.05, 3.63) is 0 Å². The van der Waals surface area contributed by atoms with E-state index in [4.69, 9.17) is 0 Å². The lowest BCUT2D eigenvalue weighted by Gasteiger charge is -2.17. The van der Waals surface area contributed by atoms with Gasteiger partial charge in [-0.3, -0.25) is 4.79 Å². The van der Waals surface area contributed by atoms with E-state index in [-0.39, 0.29) is 25.1 Å². The van der Waals surface area contributed by atoms with Crippen molar-refractivity contribution in [3.63, 3.8) is 0 Å². The van der Waals surface area contributed by atoms with Crippen LogP contribution in [0, 0.1) is 5.92 Å². The van der Waals surface area contributed by atoms with Crippen molar-refractivity contribution in [2.75, 3.05) is 26.3 Å². The van der Waals surface area contributed by atoms with E-state index in [1.54, 1.807) is 0 Å². The molecule has 6 heteroatoms. The van der Waals surface area contributed by atoms with Crippen molar-refractivity contribution in [2.24, 2.45) is 5.92 Å². The van der Waals surface area contributed by atoms with Gasteiger partial charge < -0.3 is 15.4 Å². The van der Waals surface area contributed by atoms with Crippen LogP contribution in [0.2, 0.25) is 0 Å². The molecule has 0 aliphatic heterocycles. The molecule has 0 aliphatic carbocycles. The van der Waals surface area contributed by atoms with Crippen LogP contribution in [-0.2, 0) is 9.53 Å². The van der Waals surface area contributed by atoms with Crippen LogP contribution in [0.3, 0.4) is 0 Å². The van der Waals surface area contributed by atoms with Gasteiger partial charge in [0.1, 0.15) is 6.61 Å². The van der Waals surface area contributed by atoms with E-state index in [1.165, 1.54) is 0 Å². The summed E-state index contributed by atoms with van der Waals surface area (Å²) in [5.74, 6) is 0.286. The van der Waals surface area contributed by atoms with Gasteiger partial charge in [-0.05, 0) is 12.8 Å². The molecule has 0 bridgehead atoms. The van der Waals surface area contributed by atoms with E-state index in [1.807, 2.05) is 20.8 Å². The van der Waals surface area contributed by atoms with Crippen LogP contribution < -0.4 is 10.6 Å². The van der Waals surface area contributed by atoms with Gasteiger partial charge in [-0.1, -0.05) is 13.8 Å². The topological polar surface area (TPSA) is 50.4 Å². The third-order valence-corrected chi connectivity index (χ3v) is 2.34. The average molecular weight is 252 g/mol. The Labute approximate surface area is 101 Å². The molecule has 0 saturated heterocycles. The molecule has 17 heavy (non-hydrogen) atoms. The standard InChI is InChI=1S/C11H22F2N2O2/c1-8(2)9(3)15-11(16)6-14-4-5-17-7-10(12)13/h8-10,14H,4-7H2,1-3H3,(H,15,16). The minimum atomic E-state index is -2.44. The van der Waals surface area contributed by atoms with E-state index in [0.717, 1.165) is 0 Å². The maximum atomic E-state index is 11.7. The highest BCUT2D eigenvalue weighted by Gasteiger charge is 2.09. The van der Waals surface area contributed by atoms with Crippen LogP contribution in [0.5, 0.6) is 0 Å². The molecule has 0 fully saturated rings. The first-order valence-electron chi connectivity index (χ1n) is 5.79. The third-order valence-electron chi connectivity index (χ3n) is 2.34. The summed E-state index contributed by atoms with van der Waals surface area (Å²) in [6.07, 6.45) is -2.44. The van der Waals surface area contributed by atoms with Crippen LogP contribution in [0.1, 0.15) is 20.8 Å². The van der Waals surface area contributed by atoms with Gasteiger partial charge in [-0.2, -0.15) is 0 Å². The molecule has 1 amide bonds. The molecule has 0 radical (unpaired) electrons. The lowest BCUT2D eigenvalue weighted by molar-refractivity contribution is -0.121. The van der Waals surface area contributed by atoms with E-state index >= 15 is 0 Å². The third kappa shape index (κ3) is 10.1. The number of carbonyl (C=O) groups excluding carboxylic acids is 1. The summed E-state index contributed by atoms with van der Waals surface area (Å²) < 4.78 is 28.0. The minimum absolute atomic E-state index is 0.0972. The molecule has 0 spiro atoms. The van der Waals surface area contributed by atoms with Crippen molar-refractivity contribution in [3.8, 4) is 0 Å². The Kier molecular flexibility index (Phi) is 8.89. The molecule has 4 nitrogen and oxygen atoms in total. The van der Waals surface area contributed by atoms with Crippen LogP contribution in [0.4, 0.5) is 8.78 Å². The maximum absolute atomic E-state index is 11.7. The Hall–Kier alpha value is -0.750. The van der Waals surface area contributed by atoms with Crippen molar-refractivity contribution in [2.45, 2.75) is 33.2 Å². The number of nitrogens with one attached hydrogen (secondary N) is 2. The van der Waals surface area contributed by atoms with Crippen molar-refractivity contribution >= 4 is 5.91 Å². The normalized spacial score (nSPS) is 13.1. The van der Waals surface area contributed by atoms with Gasteiger partial charge in [0, 0.05) is 12.6 Å². The predicted octanol–water partition coefficient (Wildman–Crippen LogP) is 1.02. The highest BCUT2D eigenvalue weighted by molar-refractivity contribution is 5.78. The first-order chi connectivity index (χ1) is 7.93. The molecule has 0 aromatic carbocycles. The first kappa shape index (κ1) is 16.2. The van der Waals surface area contributed by atoms with Gasteiger partial charge >= 0.3 is 0 Å². The summed E-state index contributed by atoms with van der Waals surface area (Å²) in [7, 11) is 0. The molecular formula is C11H22F2N2O2. The van der Waals surface area contributed by atoms with Gasteiger partial charge in [-0.15, -0.1) is 0 Å². The van der Waals surface area contributed by atoms with Crippen LogP contribution in [0.15, 0.2) is 0 Å². The van der Waals surface area contributed by atoms with E-state index in [0.29, 0.717) is 12.5 Å². The number of rotatable bonds is 9. The number of hydrogen-bond acceptors (Lipinski definition) is 3. The SMILES string of the molecule is CC(C)C(C)NC(=O)CNCCOCC(F)F. The average Bonchev–Trinajstić information content (AvgIpc) is 2.22. The summed E-state index contributed by atoms with van der Waals surface area (Å²) in [5, 5.41) is 5.65. The van der Waals surface area contributed by atoms with Crippen LogP contribution in [0.25, 0.3) is 0 Å². The quantitative estimate of drug-likeness (QED) is 0.602. The van der Waals surface area contributed by atoms with Crippen LogP contribution in [-0.4, -0.2) is 44.7 Å². The fourth-order valence-corrected chi connectivity index (χ4v) is 0.990. The maximum Gasteiger partial charge on any atom is 0.261 e. The Morgan fingerprint density at radius 2 is 1.94 bits per heavy atom. The fourth-order valence-electron chi connectivity index (χ4n) is 0.990. The van der Waals surface area contributed by atoms with Gasteiger partial charge in [0.2, 0.25) is 5.91 Å². The number of carbonyl (C=O) groups is 1. The van der Waals surface area contributed by atoms with Gasteiger partial charge in [0.25, 0.3) is 6.43 Å². The Balaban J connectivity index is 3.39. The highest BCUT2D eigenvalue weighted by Crippen LogP contribution is 1.98. The zero-order chi connectivity index (χ0) is 13.3. The zero-order valence-corrected chi connectivity index (χ0v) is 10.6. The summed E-state index contributed by atoms with van der Waals surface area (Å²) in [5.41, 5.74) is 0. The Bertz CT molecular complexity index is 214. The summed E-state index contributed by atoms with van der Waals surface area (Å²) in [6.45, 7) is 6.17. The molecule has 0 heterocycles. The molecule has 1 unspecified atom stereocenters. The smallest absolute Gasteiger partial charge is 0.261 e. The van der Waals surface area contributed by atoms with Crippen molar-refractivity contribution in [1.82, 2.24) is 10.6 Å². The number of amides is 1. The van der Waals surface area contributed by atoms with Gasteiger partial charge in [0.05, 0.1) is 13.2 Å². The molecule has 0 aromatic rings. The lowest BCUT2D eigenvalue weighted by Crippen LogP contribution is -2.41. The zero-order valence-electron chi connectivity index (χ0n) is 10.6. The van der Waals surface area contributed by atoms with Gasteiger partial charge in [0.15, 0.2) is 0 Å². The number of halogens is 2. The summed E-state index contributed by atoms with van der Waals surface area (Å²) in [4.78, 5) is 11.4. The fraction of sp³-hybridized carbons (Fsp3) is 0.909. The lowest BCUT2D eigenvalue weighted by atomic mass is 10.1. The van der Waals surface area contributed by atoms with Crippen LogP contribution >= 0.6 is 0 Å².